The normalized spacial score (nSPS) is 14.0. The van der Waals surface area contributed by atoms with E-state index in [1.807, 2.05) is 35.1 Å². The minimum absolute atomic E-state index is 0.00103. The second-order valence-electron chi connectivity index (χ2n) is 7.13. The molecule has 3 aromatic rings. The Bertz CT molecular complexity index is 963. The lowest BCUT2D eigenvalue weighted by molar-refractivity contribution is -0.121. The van der Waals surface area contributed by atoms with E-state index in [1.165, 1.54) is 19.3 Å². The Balaban J connectivity index is 1.38. The van der Waals surface area contributed by atoms with Crippen molar-refractivity contribution in [3.63, 3.8) is 0 Å². The number of nitrogens with zero attached hydrogens (tertiary/aromatic N) is 5. The monoisotopic (exact) mass is 398 g/mol. The first kappa shape index (κ1) is 19.0. The molecule has 0 fully saturated rings. The SMILES string of the molecule is CSCc1nc2ccccc2n1CC(=O)NCCc1nnc2n1CCCCC2. The van der Waals surface area contributed by atoms with Gasteiger partial charge in [-0.15, -0.1) is 10.2 Å². The molecule has 0 bridgehead atoms. The summed E-state index contributed by atoms with van der Waals surface area (Å²) in [5.41, 5.74) is 1.94. The van der Waals surface area contributed by atoms with Crippen molar-refractivity contribution in [1.29, 1.82) is 0 Å². The average Bonchev–Trinajstić information content (AvgIpc) is 3.14. The first-order valence-electron chi connectivity index (χ1n) is 9.87. The van der Waals surface area contributed by atoms with Crippen LogP contribution >= 0.6 is 11.8 Å². The zero-order chi connectivity index (χ0) is 19.3. The predicted molar refractivity (Wildman–Crippen MR) is 111 cm³/mol. The smallest absolute Gasteiger partial charge is 0.240 e. The summed E-state index contributed by atoms with van der Waals surface area (Å²) in [5.74, 6) is 3.79. The molecule has 0 aliphatic carbocycles. The third kappa shape index (κ3) is 4.06. The number of thioether (sulfide) groups is 1. The molecule has 0 spiro atoms. The number of aromatic nitrogens is 5. The van der Waals surface area contributed by atoms with Crippen molar-refractivity contribution in [3.05, 3.63) is 41.7 Å². The first-order valence-corrected chi connectivity index (χ1v) is 11.3. The number of amides is 1. The van der Waals surface area contributed by atoms with E-state index in [4.69, 9.17) is 0 Å². The lowest BCUT2D eigenvalue weighted by Crippen LogP contribution is -2.30. The fraction of sp³-hybridized carbons (Fsp3) is 0.500. The highest BCUT2D eigenvalue weighted by molar-refractivity contribution is 7.97. The summed E-state index contributed by atoms with van der Waals surface area (Å²) in [5, 5.41) is 11.7. The van der Waals surface area contributed by atoms with Gasteiger partial charge in [0.2, 0.25) is 5.91 Å². The maximum Gasteiger partial charge on any atom is 0.240 e. The van der Waals surface area contributed by atoms with E-state index in [9.17, 15) is 4.79 Å². The van der Waals surface area contributed by atoms with Gasteiger partial charge in [0.15, 0.2) is 0 Å². The summed E-state index contributed by atoms with van der Waals surface area (Å²) in [6, 6.07) is 7.97. The van der Waals surface area contributed by atoms with Crippen LogP contribution in [0.4, 0.5) is 0 Å². The van der Waals surface area contributed by atoms with Crippen molar-refractivity contribution in [2.45, 2.75) is 50.9 Å². The molecule has 0 atom stereocenters. The third-order valence-electron chi connectivity index (χ3n) is 5.17. The van der Waals surface area contributed by atoms with Crippen LogP contribution in [0.5, 0.6) is 0 Å². The summed E-state index contributed by atoms with van der Waals surface area (Å²) >= 11 is 1.71. The van der Waals surface area contributed by atoms with E-state index >= 15 is 0 Å². The molecule has 0 radical (unpaired) electrons. The minimum atomic E-state index is 0.00103. The van der Waals surface area contributed by atoms with Gasteiger partial charge in [-0.1, -0.05) is 18.6 Å². The highest BCUT2D eigenvalue weighted by atomic mass is 32.2. The number of hydrogen-bond donors (Lipinski definition) is 1. The topological polar surface area (TPSA) is 77.6 Å². The zero-order valence-corrected chi connectivity index (χ0v) is 17.0. The number of carbonyl (C=O) groups is 1. The highest BCUT2D eigenvalue weighted by Crippen LogP contribution is 2.19. The van der Waals surface area contributed by atoms with E-state index in [1.54, 1.807) is 11.8 Å². The van der Waals surface area contributed by atoms with Crippen molar-refractivity contribution in [3.8, 4) is 0 Å². The van der Waals surface area contributed by atoms with Gasteiger partial charge >= 0.3 is 0 Å². The number of nitrogens with one attached hydrogen (secondary N) is 1. The molecule has 1 aliphatic rings. The Hall–Kier alpha value is -2.35. The number of imidazole rings is 1. The van der Waals surface area contributed by atoms with Crippen molar-refractivity contribution in [2.75, 3.05) is 12.8 Å². The molecule has 1 aliphatic heterocycles. The van der Waals surface area contributed by atoms with Crippen LogP contribution in [0, 0.1) is 0 Å². The lowest BCUT2D eigenvalue weighted by atomic mass is 10.2. The maximum absolute atomic E-state index is 12.6. The van der Waals surface area contributed by atoms with Gasteiger partial charge in [-0.2, -0.15) is 11.8 Å². The van der Waals surface area contributed by atoms with Gasteiger partial charge in [-0.25, -0.2) is 4.98 Å². The second kappa shape index (κ2) is 8.77. The molecule has 0 saturated carbocycles. The van der Waals surface area contributed by atoms with Crippen LogP contribution in [0.15, 0.2) is 24.3 Å². The fourth-order valence-corrected chi connectivity index (χ4v) is 4.26. The summed E-state index contributed by atoms with van der Waals surface area (Å²) in [7, 11) is 0. The van der Waals surface area contributed by atoms with Crippen molar-refractivity contribution >= 4 is 28.7 Å². The van der Waals surface area contributed by atoms with Gasteiger partial charge in [0.05, 0.1) is 16.8 Å². The molecule has 7 nitrogen and oxygen atoms in total. The number of aryl methyl sites for hydroxylation is 1. The minimum Gasteiger partial charge on any atom is -0.354 e. The van der Waals surface area contributed by atoms with Crippen molar-refractivity contribution < 1.29 is 4.79 Å². The molecule has 8 heteroatoms. The van der Waals surface area contributed by atoms with Crippen LogP contribution in [-0.2, 0) is 36.5 Å². The van der Waals surface area contributed by atoms with Crippen LogP contribution in [0.2, 0.25) is 0 Å². The summed E-state index contributed by atoms with van der Waals surface area (Å²) in [6.07, 6.45) is 7.37. The van der Waals surface area contributed by atoms with Crippen molar-refractivity contribution in [2.24, 2.45) is 0 Å². The Morgan fingerprint density at radius 2 is 2.07 bits per heavy atom. The van der Waals surface area contributed by atoms with Gasteiger partial charge < -0.3 is 14.5 Å². The number of fused-ring (bicyclic) bond motifs is 2. The maximum atomic E-state index is 12.6. The van der Waals surface area contributed by atoms with Gasteiger partial charge in [-0.05, 0) is 31.2 Å². The quantitative estimate of drug-likeness (QED) is 0.662. The van der Waals surface area contributed by atoms with Gasteiger partial charge in [0.25, 0.3) is 0 Å². The molecule has 2 aromatic heterocycles. The van der Waals surface area contributed by atoms with Crippen LogP contribution in [0.1, 0.15) is 36.7 Å². The summed E-state index contributed by atoms with van der Waals surface area (Å²) in [6.45, 7) is 1.85. The molecule has 28 heavy (non-hydrogen) atoms. The summed E-state index contributed by atoms with van der Waals surface area (Å²) in [4.78, 5) is 17.2. The third-order valence-corrected chi connectivity index (χ3v) is 5.71. The second-order valence-corrected chi connectivity index (χ2v) is 8.00. The molecule has 4 rings (SSSR count). The van der Waals surface area contributed by atoms with E-state index in [-0.39, 0.29) is 12.5 Å². The molecule has 148 valence electrons. The molecule has 1 aromatic carbocycles. The van der Waals surface area contributed by atoms with E-state index in [2.05, 4.69) is 25.1 Å². The van der Waals surface area contributed by atoms with Gasteiger partial charge in [-0.3, -0.25) is 4.79 Å². The standard InChI is InChI=1S/C20H26N6OS/c1-28-14-19-22-15-7-4-5-8-16(15)26(19)13-20(27)21-11-10-18-24-23-17-9-3-2-6-12-25(17)18/h4-5,7-8H,2-3,6,9-14H2,1H3,(H,21,27). The fourth-order valence-electron chi connectivity index (χ4n) is 3.78. The van der Waals surface area contributed by atoms with E-state index in [0.717, 1.165) is 47.2 Å². The molecule has 1 N–H and O–H groups in total. The van der Waals surface area contributed by atoms with E-state index < -0.39 is 0 Å². The molecular weight excluding hydrogens is 372 g/mol. The van der Waals surface area contributed by atoms with Gasteiger partial charge in [0.1, 0.15) is 24.0 Å². The summed E-state index contributed by atoms with van der Waals surface area (Å²) < 4.78 is 4.25. The average molecular weight is 399 g/mol. The van der Waals surface area contributed by atoms with Crippen LogP contribution in [0.25, 0.3) is 11.0 Å². The number of hydrogen-bond acceptors (Lipinski definition) is 5. The largest absolute Gasteiger partial charge is 0.354 e. The molecule has 0 unspecified atom stereocenters. The van der Waals surface area contributed by atoms with Crippen LogP contribution in [0.3, 0.4) is 0 Å². The Kier molecular flexibility index (Phi) is 5.95. The van der Waals surface area contributed by atoms with Gasteiger partial charge in [0, 0.05) is 25.9 Å². The Labute approximate surface area is 168 Å². The number of para-hydroxylation sites is 2. The number of benzene rings is 1. The van der Waals surface area contributed by atoms with Crippen LogP contribution in [-0.4, -0.2) is 43.0 Å². The first-order chi connectivity index (χ1) is 13.8. The molecule has 1 amide bonds. The van der Waals surface area contributed by atoms with Crippen molar-refractivity contribution in [1.82, 2.24) is 29.6 Å². The number of rotatable bonds is 7. The Morgan fingerprint density at radius 1 is 1.18 bits per heavy atom. The zero-order valence-electron chi connectivity index (χ0n) is 16.2. The van der Waals surface area contributed by atoms with Crippen LogP contribution < -0.4 is 5.32 Å². The number of carbonyl (C=O) groups excluding carboxylic acids is 1. The van der Waals surface area contributed by atoms with E-state index in [0.29, 0.717) is 13.0 Å². The highest BCUT2D eigenvalue weighted by Gasteiger charge is 2.16. The predicted octanol–water partition coefficient (Wildman–Crippen LogP) is 2.58. The molecule has 0 saturated heterocycles. The Morgan fingerprint density at radius 3 is 2.96 bits per heavy atom. The lowest BCUT2D eigenvalue weighted by Gasteiger charge is -2.10. The molecule has 3 heterocycles. The molecular formula is C20H26N6OS.